The molecular weight excluding hydrogens is 282 g/mol. The molecule has 1 aliphatic rings. The molecule has 1 atom stereocenters. The minimum atomic E-state index is -0.853. The maximum atomic E-state index is 12.2. The van der Waals surface area contributed by atoms with Gasteiger partial charge in [0.25, 0.3) is 5.91 Å². The lowest BCUT2D eigenvalue weighted by molar-refractivity contribution is -0.147. The number of likely N-dealkylation sites (tertiary alicyclic amines) is 1. The molecule has 1 aromatic rings. The topological polar surface area (TPSA) is 66.8 Å². The van der Waals surface area contributed by atoms with Crippen molar-refractivity contribution in [3.63, 3.8) is 0 Å². The number of carbonyl (C=O) groups is 2. The Bertz CT molecular complexity index is 570. The molecule has 0 aromatic heterocycles. The average molecular weight is 305 g/mol. The number of carbonyl (C=O) groups excluding carboxylic acids is 1. The third-order valence-corrected chi connectivity index (χ3v) is 4.23. The van der Waals surface area contributed by atoms with Crippen molar-refractivity contribution >= 4 is 11.9 Å². The van der Waals surface area contributed by atoms with Crippen LogP contribution in [0.25, 0.3) is 0 Å². The molecule has 1 aromatic carbocycles. The summed E-state index contributed by atoms with van der Waals surface area (Å²) in [4.78, 5) is 24.9. The van der Waals surface area contributed by atoms with Crippen molar-refractivity contribution in [2.24, 2.45) is 5.41 Å². The summed E-state index contributed by atoms with van der Waals surface area (Å²) in [6.07, 6.45) is 0.483. The number of hydrogen-bond acceptors (Lipinski definition) is 3. The van der Waals surface area contributed by atoms with E-state index in [1.807, 2.05) is 24.3 Å². The van der Waals surface area contributed by atoms with E-state index in [9.17, 15) is 14.7 Å². The summed E-state index contributed by atoms with van der Waals surface area (Å²) in [7, 11) is 0. The van der Waals surface area contributed by atoms with Gasteiger partial charge >= 0.3 is 5.97 Å². The van der Waals surface area contributed by atoms with Gasteiger partial charge in [-0.1, -0.05) is 26.0 Å². The first kappa shape index (κ1) is 16.3. The highest BCUT2D eigenvalue weighted by atomic mass is 16.5. The zero-order chi connectivity index (χ0) is 16.3. The van der Waals surface area contributed by atoms with Crippen LogP contribution in [0, 0.1) is 5.41 Å². The Kier molecular flexibility index (Phi) is 4.74. The highest BCUT2D eigenvalue weighted by Crippen LogP contribution is 2.30. The highest BCUT2D eigenvalue weighted by molar-refractivity contribution is 5.81. The lowest BCUT2D eigenvalue weighted by atomic mass is 9.90. The molecule has 120 valence electrons. The fraction of sp³-hybridized carbons (Fsp3) is 0.529. The van der Waals surface area contributed by atoms with E-state index < -0.39 is 11.4 Å². The monoisotopic (exact) mass is 305 g/mol. The van der Waals surface area contributed by atoms with Crippen LogP contribution in [-0.4, -0.2) is 41.6 Å². The molecule has 2 rings (SSSR count). The fourth-order valence-electron chi connectivity index (χ4n) is 2.55. The molecule has 0 spiro atoms. The van der Waals surface area contributed by atoms with Gasteiger partial charge < -0.3 is 14.7 Å². The summed E-state index contributed by atoms with van der Waals surface area (Å²) >= 11 is 0. The molecule has 5 heteroatoms. The number of nitrogens with zero attached hydrogens (tertiary/aromatic N) is 1. The molecule has 22 heavy (non-hydrogen) atoms. The molecule has 1 unspecified atom stereocenters. The van der Waals surface area contributed by atoms with Gasteiger partial charge in [-0.2, -0.15) is 0 Å². The van der Waals surface area contributed by atoms with Crippen molar-refractivity contribution in [3.05, 3.63) is 29.8 Å². The van der Waals surface area contributed by atoms with Gasteiger partial charge in [0.15, 0.2) is 6.61 Å². The lowest BCUT2D eigenvalue weighted by Crippen LogP contribution is -2.37. The largest absolute Gasteiger partial charge is 0.484 e. The third kappa shape index (κ3) is 3.59. The number of amides is 1. The van der Waals surface area contributed by atoms with Gasteiger partial charge in [-0.3, -0.25) is 9.59 Å². The number of ether oxygens (including phenoxy) is 1. The molecule has 1 amide bonds. The van der Waals surface area contributed by atoms with Gasteiger partial charge in [0, 0.05) is 13.1 Å². The van der Waals surface area contributed by atoms with Crippen LogP contribution in [-0.2, 0) is 9.59 Å². The molecule has 0 radical (unpaired) electrons. The molecule has 0 bridgehead atoms. The minimum absolute atomic E-state index is 0.0583. The van der Waals surface area contributed by atoms with Crippen molar-refractivity contribution in [2.75, 3.05) is 19.7 Å². The number of rotatable bonds is 5. The number of carboxylic acids is 1. The van der Waals surface area contributed by atoms with E-state index in [1.54, 1.807) is 11.8 Å². The molecular formula is C17H23NO4. The van der Waals surface area contributed by atoms with Crippen LogP contribution in [0.1, 0.15) is 38.7 Å². The van der Waals surface area contributed by atoms with Crippen molar-refractivity contribution in [1.29, 1.82) is 0 Å². The van der Waals surface area contributed by atoms with Gasteiger partial charge in [-0.05, 0) is 37.0 Å². The maximum absolute atomic E-state index is 12.2. The van der Waals surface area contributed by atoms with Crippen molar-refractivity contribution in [2.45, 2.75) is 33.1 Å². The SMILES string of the molecule is CC(C)c1cccc(OCC(=O)N2CCC(C)(C(=O)O)C2)c1. The smallest absolute Gasteiger partial charge is 0.311 e. The molecule has 1 aliphatic heterocycles. The Labute approximate surface area is 130 Å². The minimum Gasteiger partial charge on any atom is -0.484 e. The standard InChI is InChI=1S/C17H23NO4/c1-12(2)13-5-4-6-14(9-13)22-10-15(19)18-8-7-17(3,11-18)16(20)21/h4-6,9,12H,7-8,10-11H2,1-3H3,(H,20,21). The third-order valence-electron chi connectivity index (χ3n) is 4.23. The highest BCUT2D eigenvalue weighted by Gasteiger charge is 2.42. The van der Waals surface area contributed by atoms with E-state index in [2.05, 4.69) is 13.8 Å². The van der Waals surface area contributed by atoms with Gasteiger partial charge in [-0.15, -0.1) is 0 Å². The summed E-state index contributed by atoms with van der Waals surface area (Å²) in [6.45, 7) is 6.53. The van der Waals surface area contributed by atoms with E-state index in [0.29, 0.717) is 24.6 Å². The van der Waals surface area contributed by atoms with E-state index >= 15 is 0 Å². The van der Waals surface area contributed by atoms with Crippen LogP contribution >= 0.6 is 0 Å². The zero-order valence-corrected chi connectivity index (χ0v) is 13.3. The second-order valence-electron chi connectivity index (χ2n) is 6.45. The number of aliphatic carboxylic acids is 1. The van der Waals surface area contributed by atoms with E-state index in [-0.39, 0.29) is 19.1 Å². The molecule has 0 aliphatic carbocycles. The normalized spacial score (nSPS) is 21.2. The first-order valence-corrected chi connectivity index (χ1v) is 7.56. The lowest BCUT2D eigenvalue weighted by Gasteiger charge is -2.20. The van der Waals surface area contributed by atoms with Crippen LogP contribution in [0.5, 0.6) is 5.75 Å². The van der Waals surface area contributed by atoms with Gasteiger partial charge in [0.1, 0.15) is 5.75 Å². The summed E-state index contributed by atoms with van der Waals surface area (Å²) in [6, 6.07) is 7.69. The Hall–Kier alpha value is -2.04. The Morgan fingerprint density at radius 3 is 2.73 bits per heavy atom. The fourth-order valence-corrected chi connectivity index (χ4v) is 2.55. The van der Waals surface area contributed by atoms with Gasteiger partial charge in [0.05, 0.1) is 5.41 Å². The van der Waals surface area contributed by atoms with Crippen molar-refractivity contribution in [1.82, 2.24) is 4.90 Å². The molecule has 5 nitrogen and oxygen atoms in total. The Morgan fingerprint density at radius 1 is 1.41 bits per heavy atom. The maximum Gasteiger partial charge on any atom is 0.311 e. The number of hydrogen-bond donors (Lipinski definition) is 1. The van der Waals surface area contributed by atoms with Crippen LogP contribution in [0.4, 0.5) is 0 Å². The molecule has 1 N–H and O–H groups in total. The van der Waals surface area contributed by atoms with Crippen LogP contribution in [0.2, 0.25) is 0 Å². The Morgan fingerprint density at radius 2 is 2.14 bits per heavy atom. The Balaban J connectivity index is 1.91. The second-order valence-corrected chi connectivity index (χ2v) is 6.45. The second kappa shape index (κ2) is 6.38. The quantitative estimate of drug-likeness (QED) is 0.907. The van der Waals surface area contributed by atoms with Crippen LogP contribution in [0.3, 0.4) is 0 Å². The number of carboxylic acid groups (broad SMARTS) is 1. The molecule has 1 saturated heterocycles. The average Bonchev–Trinajstić information content (AvgIpc) is 2.89. The number of benzene rings is 1. The first-order valence-electron chi connectivity index (χ1n) is 7.56. The zero-order valence-electron chi connectivity index (χ0n) is 13.3. The summed E-state index contributed by atoms with van der Waals surface area (Å²) < 4.78 is 5.56. The predicted octanol–water partition coefficient (Wildman–Crippen LogP) is 2.51. The van der Waals surface area contributed by atoms with E-state index in [0.717, 1.165) is 5.56 Å². The first-order chi connectivity index (χ1) is 10.3. The van der Waals surface area contributed by atoms with Crippen LogP contribution < -0.4 is 4.74 Å². The molecule has 0 saturated carbocycles. The molecule has 1 heterocycles. The van der Waals surface area contributed by atoms with Crippen molar-refractivity contribution < 1.29 is 19.4 Å². The van der Waals surface area contributed by atoms with Crippen molar-refractivity contribution in [3.8, 4) is 5.75 Å². The summed E-state index contributed by atoms with van der Waals surface area (Å²) in [5.74, 6) is 0.0436. The van der Waals surface area contributed by atoms with Gasteiger partial charge in [0.2, 0.25) is 0 Å². The summed E-state index contributed by atoms with van der Waals surface area (Å²) in [5.41, 5.74) is 0.317. The van der Waals surface area contributed by atoms with E-state index in [1.165, 1.54) is 0 Å². The van der Waals surface area contributed by atoms with Crippen LogP contribution in [0.15, 0.2) is 24.3 Å². The predicted molar refractivity (Wildman–Crippen MR) is 83.0 cm³/mol. The molecule has 1 fully saturated rings. The summed E-state index contributed by atoms with van der Waals surface area (Å²) in [5, 5.41) is 9.19. The van der Waals surface area contributed by atoms with E-state index in [4.69, 9.17) is 4.74 Å². The van der Waals surface area contributed by atoms with Gasteiger partial charge in [-0.25, -0.2) is 0 Å².